The molecule has 33 heavy (non-hydrogen) atoms. The lowest BCUT2D eigenvalue weighted by atomic mass is 10.1. The average Bonchev–Trinajstić information content (AvgIpc) is 2.86. The molecule has 1 saturated heterocycles. The van der Waals surface area contributed by atoms with Crippen molar-refractivity contribution in [3.63, 3.8) is 0 Å². The minimum absolute atomic E-state index is 0.237. The molecule has 1 heterocycles. The zero-order chi connectivity index (χ0) is 23.0. The maximum atomic E-state index is 13.0. The standard InChI is InChI=1S/C26H29N3O4/c1-32-22-10-11-23(26(31)28-12-4-7-21-17-33-14-13-27-21)24(16-22)29-25(30)20-9-8-18-5-2-3-6-19(18)15-20/h2-3,5-6,8-11,15-16,21,27H,4,7,12-14,17H2,1H3,(H,28,31)(H,29,30). The molecule has 1 aliphatic rings. The van der Waals surface area contributed by atoms with Crippen molar-refractivity contribution in [2.45, 2.75) is 18.9 Å². The molecule has 1 atom stereocenters. The van der Waals surface area contributed by atoms with Crippen molar-refractivity contribution >= 4 is 28.3 Å². The molecule has 0 saturated carbocycles. The average molecular weight is 448 g/mol. The van der Waals surface area contributed by atoms with Gasteiger partial charge in [0.25, 0.3) is 11.8 Å². The van der Waals surface area contributed by atoms with Crippen LogP contribution < -0.4 is 20.7 Å². The minimum atomic E-state index is -0.286. The number of methoxy groups -OCH3 is 1. The van der Waals surface area contributed by atoms with Crippen molar-refractivity contribution in [2.75, 3.05) is 38.7 Å². The van der Waals surface area contributed by atoms with Gasteiger partial charge in [-0.1, -0.05) is 30.3 Å². The summed E-state index contributed by atoms with van der Waals surface area (Å²) in [5.41, 5.74) is 1.32. The van der Waals surface area contributed by atoms with E-state index in [2.05, 4.69) is 16.0 Å². The third-order valence-corrected chi connectivity index (χ3v) is 5.74. The Labute approximate surface area is 193 Å². The first-order valence-corrected chi connectivity index (χ1v) is 11.2. The van der Waals surface area contributed by atoms with Crippen LogP contribution in [-0.4, -0.2) is 51.3 Å². The quantitative estimate of drug-likeness (QED) is 0.459. The number of ether oxygens (including phenoxy) is 2. The van der Waals surface area contributed by atoms with Gasteiger partial charge in [0, 0.05) is 30.8 Å². The number of nitrogens with one attached hydrogen (secondary N) is 3. The van der Waals surface area contributed by atoms with E-state index < -0.39 is 0 Å². The minimum Gasteiger partial charge on any atom is -0.497 e. The predicted octanol–water partition coefficient (Wildman–Crippen LogP) is 3.60. The van der Waals surface area contributed by atoms with E-state index in [1.165, 1.54) is 0 Å². The maximum Gasteiger partial charge on any atom is 0.255 e. The number of carbonyl (C=O) groups is 2. The number of hydrogen-bond acceptors (Lipinski definition) is 5. The Bertz CT molecular complexity index is 1130. The summed E-state index contributed by atoms with van der Waals surface area (Å²) in [6.07, 6.45) is 1.76. The molecule has 172 valence electrons. The van der Waals surface area contributed by atoms with E-state index in [1.54, 1.807) is 31.4 Å². The van der Waals surface area contributed by atoms with Crippen LogP contribution in [0.1, 0.15) is 33.6 Å². The topological polar surface area (TPSA) is 88.7 Å². The highest BCUT2D eigenvalue weighted by atomic mass is 16.5. The van der Waals surface area contributed by atoms with Crippen molar-refractivity contribution in [3.8, 4) is 5.75 Å². The molecule has 0 radical (unpaired) electrons. The Morgan fingerprint density at radius 1 is 1.06 bits per heavy atom. The highest BCUT2D eigenvalue weighted by molar-refractivity contribution is 6.10. The zero-order valence-electron chi connectivity index (χ0n) is 18.7. The predicted molar refractivity (Wildman–Crippen MR) is 129 cm³/mol. The molecule has 7 heteroatoms. The first-order chi connectivity index (χ1) is 16.1. The third kappa shape index (κ3) is 5.88. The number of morpholine rings is 1. The lowest BCUT2D eigenvalue weighted by Gasteiger charge is -2.23. The second-order valence-corrected chi connectivity index (χ2v) is 8.05. The molecule has 7 nitrogen and oxygen atoms in total. The maximum absolute atomic E-state index is 13.0. The molecule has 0 aromatic heterocycles. The molecule has 3 aromatic carbocycles. The van der Waals surface area contributed by atoms with Gasteiger partial charge in [-0.15, -0.1) is 0 Å². The largest absolute Gasteiger partial charge is 0.497 e. The van der Waals surface area contributed by atoms with E-state index in [1.807, 2.05) is 36.4 Å². The van der Waals surface area contributed by atoms with Crippen LogP contribution in [-0.2, 0) is 4.74 Å². The third-order valence-electron chi connectivity index (χ3n) is 5.74. The number of rotatable bonds is 8. The van der Waals surface area contributed by atoms with Crippen LogP contribution in [0, 0.1) is 0 Å². The van der Waals surface area contributed by atoms with Crippen LogP contribution in [0.2, 0.25) is 0 Å². The first-order valence-electron chi connectivity index (χ1n) is 11.2. The number of benzene rings is 3. The van der Waals surface area contributed by atoms with Crippen molar-refractivity contribution in [1.29, 1.82) is 0 Å². The van der Waals surface area contributed by atoms with Gasteiger partial charge in [-0.2, -0.15) is 0 Å². The molecule has 2 amide bonds. The molecule has 1 unspecified atom stereocenters. The molecule has 0 spiro atoms. The van der Waals surface area contributed by atoms with E-state index in [-0.39, 0.29) is 11.8 Å². The molecule has 3 N–H and O–H groups in total. The Morgan fingerprint density at radius 2 is 1.91 bits per heavy atom. The van der Waals surface area contributed by atoms with E-state index >= 15 is 0 Å². The van der Waals surface area contributed by atoms with Crippen LogP contribution in [0.25, 0.3) is 10.8 Å². The molecule has 3 aromatic rings. The Morgan fingerprint density at radius 3 is 2.70 bits per heavy atom. The Balaban J connectivity index is 1.43. The molecular weight excluding hydrogens is 418 g/mol. The first kappa shape index (κ1) is 22.8. The lowest BCUT2D eigenvalue weighted by molar-refractivity contribution is 0.0734. The Hall–Kier alpha value is -3.42. The van der Waals surface area contributed by atoms with Crippen molar-refractivity contribution in [1.82, 2.24) is 10.6 Å². The number of fused-ring (bicyclic) bond motifs is 1. The number of amides is 2. The van der Waals surface area contributed by atoms with Gasteiger partial charge in [0.15, 0.2) is 0 Å². The van der Waals surface area contributed by atoms with Gasteiger partial charge >= 0.3 is 0 Å². The van der Waals surface area contributed by atoms with Crippen LogP contribution in [0.15, 0.2) is 60.7 Å². The highest BCUT2D eigenvalue weighted by Crippen LogP contribution is 2.24. The van der Waals surface area contributed by atoms with Crippen LogP contribution in [0.5, 0.6) is 5.75 Å². The van der Waals surface area contributed by atoms with Gasteiger partial charge in [-0.3, -0.25) is 9.59 Å². The summed E-state index contributed by atoms with van der Waals surface area (Å²) in [6, 6.07) is 18.8. The Kier molecular flexibility index (Phi) is 7.55. The lowest BCUT2D eigenvalue weighted by Crippen LogP contribution is -2.41. The summed E-state index contributed by atoms with van der Waals surface area (Å²) in [6.45, 7) is 2.86. The fourth-order valence-corrected chi connectivity index (χ4v) is 3.93. The van der Waals surface area contributed by atoms with Crippen LogP contribution in [0.4, 0.5) is 5.69 Å². The number of carbonyl (C=O) groups excluding carboxylic acids is 2. The van der Waals surface area contributed by atoms with Gasteiger partial charge in [-0.25, -0.2) is 0 Å². The number of anilines is 1. The number of hydrogen-bond donors (Lipinski definition) is 3. The molecule has 0 bridgehead atoms. The molecular formula is C26H29N3O4. The second-order valence-electron chi connectivity index (χ2n) is 8.05. The normalized spacial score (nSPS) is 15.7. The fraction of sp³-hybridized carbons (Fsp3) is 0.308. The van der Waals surface area contributed by atoms with E-state index in [4.69, 9.17) is 9.47 Å². The van der Waals surface area contributed by atoms with Crippen molar-refractivity contribution in [2.24, 2.45) is 0 Å². The van der Waals surface area contributed by atoms with Crippen molar-refractivity contribution < 1.29 is 19.1 Å². The van der Waals surface area contributed by atoms with E-state index in [0.717, 1.165) is 36.8 Å². The smallest absolute Gasteiger partial charge is 0.255 e. The van der Waals surface area contributed by atoms with Crippen LogP contribution >= 0.6 is 0 Å². The zero-order valence-corrected chi connectivity index (χ0v) is 18.7. The molecule has 0 aliphatic carbocycles. The summed E-state index contributed by atoms with van der Waals surface area (Å²) < 4.78 is 10.8. The van der Waals surface area contributed by atoms with Gasteiger partial charge in [-0.05, 0) is 47.9 Å². The summed E-state index contributed by atoms with van der Waals surface area (Å²) in [4.78, 5) is 25.8. The van der Waals surface area contributed by atoms with Gasteiger partial charge < -0.3 is 25.4 Å². The van der Waals surface area contributed by atoms with Crippen molar-refractivity contribution in [3.05, 3.63) is 71.8 Å². The fourth-order valence-electron chi connectivity index (χ4n) is 3.93. The summed E-state index contributed by atoms with van der Waals surface area (Å²) in [7, 11) is 1.55. The highest BCUT2D eigenvalue weighted by Gasteiger charge is 2.17. The molecule has 4 rings (SSSR count). The molecule has 1 aliphatic heterocycles. The van der Waals surface area contributed by atoms with E-state index in [9.17, 15) is 9.59 Å². The van der Waals surface area contributed by atoms with E-state index in [0.29, 0.717) is 41.8 Å². The SMILES string of the molecule is COc1ccc(C(=O)NCCCC2COCCN2)c(NC(=O)c2ccc3ccccc3c2)c1. The van der Waals surface area contributed by atoms with Crippen LogP contribution in [0.3, 0.4) is 0 Å². The summed E-state index contributed by atoms with van der Waals surface area (Å²) >= 11 is 0. The van der Waals surface area contributed by atoms with Gasteiger partial charge in [0.05, 0.1) is 31.6 Å². The summed E-state index contributed by atoms with van der Waals surface area (Å²) in [5, 5.41) is 11.3. The molecule has 1 fully saturated rings. The summed E-state index contributed by atoms with van der Waals surface area (Å²) in [5.74, 6) is 0.0366. The van der Waals surface area contributed by atoms with Gasteiger partial charge in [0.2, 0.25) is 0 Å². The monoisotopic (exact) mass is 447 g/mol. The second kappa shape index (κ2) is 10.9. The van der Waals surface area contributed by atoms with Gasteiger partial charge in [0.1, 0.15) is 5.75 Å².